The molecule has 0 fully saturated rings. The molecular weight excluding hydrogens is 316 g/mol. The van der Waals surface area contributed by atoms with E-state index in [1.807, 2.05) is 13.0 Å². The van der Waals surface area contributed by atoms with Crippen molar-refractivity contribution in [1.82, 2.24) is 5.32 Å². The molecule has 0 spiro atoms. The standard InChI is InChI=1S/C20H22N2O3/c1-4-19(17-9-5-14(2)15(3)13-17)21-20(23)12-8-16-6-10-18(11-7-16)22(24)25/h5-13,19H,4H2,1-3H3,(H,21,23)/b12-8+/t19-/m1/s1. The number of hydrogen-bond acceptors (Lipinski definition) is 3. The number of rotatable bonds is 6. The number of amides is 1. The Bertz CT molecular complexity index is 795. The first-order chi connectivity index (χ1) is 11.9. The van der Waals surface area contributed by atoms with Crippen molar-refractivity contribution in [2.45, 2.75) is 33.2 Å². The van der Waals surface area contributed by atoms with E-state index in [-0.39, 0.29) is 17.6 Å². The molecule has 0 unspecified atom stereocenters. The zero-order valence-electron chi connectivity index (χ0n) is 14.7. The van der Waals surface area contributed by atoms with Crippen LogP contribution in [-0.4, -0.2) is 10.8 Å². The summed E-state index contributed by atoms with van der Waals surface area (Å²) >= 11 is 0. The zero-order valence-corrected chi connectivity index (χ0v) is 14.7. The van der Waals surface area contributed by atoms with Crippen molar-refractivity contribution in [1.29, 1.82) is 0 Å². The summed E-state index contributed by atoms with van der Waals surface area (Å²) in [7, 11) is 0. The van der Waals surface area contributed by atoms with Gasteiger partial charge in [0, 0.05) is 18.2 Å². The van der Waals surface area contributed by atoms with Gasteiger partial charge in [0.05, 0.1) is 11.0 Å². The number of nitrogens with one attached hydrogen (secondary N) is 1. The molecule has 5 nitrogen and oxygen atoms in total. The highest BCUT2D eigenvalue weighted by Gasteiger charge is 2.12. The highest BCUT2D eigenvalue weighted by molar-refractivity contribution is 5.92. The minimum atomic E-state index is -0.449. The number of carbonyl (C=O) groups is 1. The van der Waals surface area contributed by atoms with Gasteiger partial charge in [-0.05, 0) is 60.7 Å². The third-order valence-electron chi connectivity index (χ3n) is 4.19. The van der Waals surface area contributed by atoms with E-state index < -0.39 is 4.92 Å². The number of benzene rings is 2. The van der Waals surface area contributed by atoms with E-state index in [4.69, 9.17) is 0 Å². The first kappa shape index (κ1) is 18.4. The Morgan fingerprint density at radius 1 is 1.16 bits per heavy atom. The van der Waals surface area contributed by atoms with Crippen LogP contribution in [0.25, 0.3) is 6.08 Å². The molecule has 0 heterocycles. The lowest BCUT2D eigenvalue weighted by Gasteiger charge is -2.17. The molecule has 2 aromatic rings. The molecule has 0 aromatic heterocycles. The molecule has 2 aromatic carbocycles. The van der Waals surface area contributed by atoms with Crippen molar-refractivity contribution in [2.75, 3.05) is 0 Å². The van der Waals surface area contributed by atoms with Gasteiger partial charge < -0.3 is 5.32 Å². The largest absolute Gasteiger partial charge is 0.346 e. The van der Waals surface area contributed by atoms with Gasteiger partial charge >= 0.3 is 0 Å². The molecule has 2 rings (SSSR count). The smallest absolute Gasteiger partial charge is 0.269 e. The van der Waals surface area contributed by atoms with Crippen molar-refractivity contribution in [3.63, 3.8) is 0 Å². The fourth-order valence-corrected chi connectivity index (χ4v) is 2.50. The minimum Gasteiger partial charge on any atom is -0.346 e. The first-order valence-corrected chi connectivity index (χ1v) is 8.21. The maximum atomic E-state index is 12.2. The van der Waals surface area contributed by atoms with Crippen LogP contribution in [0, 0.1) is 24.0 Å². The number of nitro groups is 1. The maximum absolute atomic E-state index is 12.2. The van der Waals surface area contributed by atoms with Crippen molar-refractivity contribution in [3.8, 4) is 0 Å². The van der Waals surface area contributed by atoms with E-state index in [0.29, 0.717) is 0 Å². The Morgan fingerprint density at radius 3 is 2.40 bits per heavy atom. The highest BCUT2D eigenvalue weighted by Crippen LogP contribution is 2.20. The Kier molecular flexibility index (Phi) is 6.06. The van der Waals surface area contributed by atoms with E-state index in [1.165, 1.54) is 29.3 Å². The fourth-order valence-electron chi connectivity index (χ4n) is 2.50. The summed E-state index contributed by atoms with van der Waals surface area (Å²) in [5, 5.41) is 13.6. The number of hydrogen-bond donors (Lipinski definition) is 1. The summed E-state index contributed by atoms with van der Waals surface area (Å²) in [6.45, 7) is 6.15. The van der Waals surface area contributed by atoms with E-state index in [9.17, 15) is 14.9 Å². The summed E-state index contributed by atoms with van der Waals surface area (Å²) in [5.41, 5.74) is 4.28. The average molecular weight is 338 g/mol. The van der Waals surface area contributed by atoms with Gasteiger partial charge in [0.15, 0.2) is 0 Å². The molecule has 5 heteroatoms. The molecule has 0 bridgehead atoms. The monoisotopic (exact) mass is 338 g/mol. The van der Waals surface area contributed by atoms with Crippen LogP contribution in [0.4, 0.5) is 5.69 Å². The fraction of sp³-hybridized carbons (Fsp3) is 0.250. The van der Waals surface area contributed by atoms with E-state index in [2.05, 4.69) is 31.3 Å². The van der Waals surface area contributed by atoms with Gasteiger partial charge in [-0.1, -0.05) is 25.1 Å². The first-order valence-electron chi connectivity index (χ1n) is 8.21. The van der Waals surface area contributed by atoms with Gasteiger partial charge in [-0.2, -0.15) is 0 Å². The lowest BCUT2D eigenvalue weighted by Crippen LogP contribution is -2.26. The Hall–Kier alpha value is -2.95. The van der Waals surface area contributed by atoms with Gasteiger partial charge in [-0.25, -0.2) is 0 Å². The van der Waals surface area contributed by atoms with E-state index in [1.54, 1.807) is 18.2 Å². The second-order valence-corrected chi connectivity index (χ2v) is 6.00. The van der Waals surface area contributed by atoms with Crippen LogP contribution in [0.15, 0.2) is 48.5 Å². The lowest BCUT2D eigenvalue weighted by molar-refractivity contribution is -0.384. The van der Waals surface area contributed by atoms with Gasteiger partial charge in [0.1, 0.15) is 0 Å². The molecule has 0 aliphatic carbocycles. The van der Waals surface area contributed by atoms with Crippen molar-refractivity contribution < 1.29 is 9.72 Å². The van der Waals surface area contributed by atoms with Crippen LogP contribution < -0.4 is 5.32 Å². The maximum Gasteiger partial charge on any atom is 0.269 e. The Morgan fingerprint density at radius 2 is 1.84 bits per heavy atom. The third kappa shape index (κ3) is 5.01. The van der Waals surface area contributed by atoms with Crippen LogP contribution in [0.1, 0.15) is 41.6 Å². The number of aryl methyl sites for hydroxylation is 2. The van der Waals surface area contributed by atoms with Crippen LogP contribution in [0.3, 0.4) is 0 Å². The summed E-state index contributed by atoms with van der Waals surface area (Å²) in [5.74, 6) is -0.191. The molecular formula is C20H22N2O3. The predicted octanol–water partition coefficient (Wildman–Crippen LogP) is 4.49. The summed E-state index contributed by atoms with van der Waals surface area (Å²) < 4.78 is 0. The normalized spacial score (nSPS) is 12.1. The van der Waals surface area contributed by atoms with Crippen LogP contribution >= 0.6 is 0 Å². The molecule has 0 saturated carbocycles. The number of carbonyl (C=O) groups excluding carboxylic acids is 1. The topological polar surface area (TPSA) is 72.2 Å². The number of nitrogens with zero attached hydrogens (tertiary/aromatic N) is 1. The van der Waals surface area contributed by atoms with Gasteiger partial charge in [-0.3, -0.25) is 14.9 Å². The Balaban J connectivity index is 2.04. The van der Waals surface area contributed by atoms with Crippen LogP contribution in [0.5, 0.6) is 0 Å². The molecule has 25 heavy (non-hydrogen) atoms. The highest BCUT2D eigenvalue weighted by atomic mass is 16.6. The lowest BCUT2D eigenvalue weighted by atomic mass is 9.99. The van der Waals surface area contributed by atoms with Crippen molar-refractivity contribution >= 4 is 17.7 Å². The summed E-state index contributed by atoms with van der Waals surface area (Å²) in [4.78, 5) is 22.4. The van der Waals surface area contributed by atoms with Gasteiger partial charge in [-0.15, -0.1) is 0 Å². The van der Waals surface area contributed by atoms with Gasteiger partial charge in [0.25, 0.3) is 5.69 Å². The molecule has 1 atom stereocenters. The molecule has 0 aliphatic rings. The van der Waals surface area contributed by atoms with Crippen molar-refractivity contribution in [2.24, 2.45) is 0 Å². The third-order valence-corrected chi connectivity index (χ3v) is 4.19. The van der Waals surface area contributed by atoms with E-state index in [0.717, 1.165) is 17.5 Å². The Labute approximate surface area is 147 Å². The molecule has 0 radical (unpaired) electrons. The predicted molar refractivity (Wildman–Crippen MR) is 99.2 cm³/mol. The second-order valence-electron chi connectivity index (χ2n) is 6.00. The van der Waals surface area contributed by atoms with Gasteiger partial charge in [0.2, 0.25) is 5.91 Å². The van der Waals surface area contributed by atoms with Crippen LogP contribution in [0.2, 0.25) is 0 Å². The molecule has 0 saturated heterocycles. The molecule has 1 amide bonds. The number of non-ortho nitro benzene ring substituents is 1. The molecule has 130 valence electrons. The van der Waals surface area contributed by atoms with Crippen molar-refractivity contribution in [3.05, 3.63) is 80.9 Å². The minimum absolute atomic E-state index is 0.0300. The summed E-state index contributed by atoms with van der Waals surface area (Å²) in [6, 6.07) is 12.2. The average Bonchev–Trinajstić information content (AvgIpc) is 2.60. The number of nitro benzene ring substituents is 1. The SMILES string of the molecule is CC[C@@H](NC(=O)/C=C/c1ccc([N+](=O)[O-])cc1)c1ccc(C)c(C)c1. The molecule has 1 N–H and O–H groups in total. The second kappa shape index (κ2) is 8.24. The zero-order chi connectivity index (χ0) is 18.4. The molecule has 0 aliphatic heterocycles. The summed E-state index contributed by atoms with van der Waals surface area (Å²) in [6.07, 6.45) is 3.89. The van der Waals surface area contributed by atoms with E-state index >= 15 is 0 Å². The quantitative estimate of drug-likeness (QED) is 0.479. The van der Waals surface area contributed by atoms with Crippen LogP contribution in [-0.2, 0) is 4.79 Å².